The van der Waals surface area contributed by atoms with Gasteiger partial charge in [0.25, 0.3) is 0 Å². The Balaban J connectivity index is 2.00. The predicted octanol–water partition coefficient (Wildman–Crippen LogP) is 9.15. The molecule has 0 radical (unpaired) electrons. The summed E-state index contributed by atoms with van der Waals surface area (Å²) < 4.78 is 12.0. The van der Waals surface area contributed by atoms with Gasteiger partial charge in [-0.3, -0.25) is 9.59 Å². The number of esters is 2. The highest BCUT2D eigenvalue weighted by atomic mass is 16.6. The standard InChI is InChI=1S/C31H54O4/c32-30-26-22-18-14-10-6-2-1-4-8-12-16-20-24-28(34-30)29-25-21-17-13-9-5-3-7-11-15-19-23-27-31(33)35-29/h17,21,28-29H,1-16,18-20,22-27H2/b21-17+. The molecule has 0 spiro atoms. The second-order valence-corrected chi connectivity index (χ2v) is 10.9. The molecule has 0 aromatic rings. The van der Waals surface area contributed by atoms with Crippen molar-refractivity contribution in [3.05, 3.63) is 12.2 Å². The Hall–Kier alpha value is -1.32. The van der Waals surface area contributed by atoms with Gasteiger partial charge in [-0.05, 0) is 38.5 Å². The van der Waals surface area contributed by atoms with Crippen LogP contribution in [0.15, 0.2) is 12.2 Å². The van der Waals surface area contributed by atoms with Gasteiger partial charge in [-0.15, -0.1) is 0 Å². The van der Waals surface area contributed by atoms with E-state index in [0.717, 1.165) is 51.4 Å². The van der Waals surface area contributed by atoms with Crippen LogP contribution in [-0.2, 0) is 19.1 Å². The molecule has 2 heterocycles. The molecule has 0 bridgehead atoms. The summed E-state index contributed by atoms with van der Waals surface area (Å²) in [6, 6.07) is 0. The minimum absolute atomic E-state index is 0.119. The van der Waals surface area contributed by atoms with E-state index < -0.39 is 0 Å². The van der Waals surface area contributed by atoms with E-state index in [-0.39, 0.29) is 24.1 Å². The van der Waals surface area contributed by atoms with Crippen molar-refractivity contribution >= 4 is 11.9 Å². The number of rotatable bonds is 1. The molecule has 1 fully saturated rings. The van der Waals surface area contributed by atoms with Crippen molar-refractivity contribution in [1.82, 2.24) is 0 Å². The summed E-state index contributed by atoms with van der Waals surface area (Å²) in [4.78, 5) is 25.4. The highest BCUT2D eigenvalue weighted by Gasteiger charge is 2.27. The Labute approximate surface area is 216 Å². The molecule has 1 saturated heterocycles. The van der Waals surface area contributed by atoms with Crippen LogP contribution in [-0.4, -0.2) is 24.1 Å². The van der Waals surface area contributed by atoms with Crippen LogP contribution in [0.4, 0.5) is 0 Å². The Kier molecular flexibility index (Phi) is 17.8. The van der Waals surface area contributed by atoms with Gasteiger partial charge in [0.05, 0.1) is 0 Å². The van der Waals surface area contributed by atoms with Gasteiger partial charge < -0.3 is 9.47 Å². The third-order valence-corrected chi connectivity index (χ3v) is 7.64. The van der Waals surface area contributed by atoms with Crippen molar-refractivity contribution in [2.45, 2.75) is 173 Å². The minimum atomic E-state index is -0.363. The van der Waals surface area contributed by atoms with Gasteiger partial charge in [0.15, 0.2) is 0 Å². The second-order valence-electron chi connectivity index (χ2n) is 10.9. The number of carbonyl (C=O) groups excluding carboxylic acids is 2. The lowest BCUT2D eigenvalue weighted by Crippen LogP contribution is -2.35. The molecule has 0 aromatic heterocycles. The van der Waals surface area contributed by atoms with E-state index in [1.165, 1.54) is 89.9 Å². The van der Waals surface area contributed by atoms with E-state index in [0.29, 0.717) is 19.3 Å². The summed E-state index contributed by atoms with van der Waals surface area (Å²) in [5, 5.41) is 0. The van der Waals surface area contributed by atoms with E-state index in [1.807, 2.05) is 0 Å². The van der Waals surface area contributed by atoms with Crippen molar-refractivity contribution in [2.75, 3.05) is 0 Å². The molecule has 4 heteroatoms. The minimum Gasteiger partial charge on any atom is -0.458 e. The molecule has 0 saturated carbocycles. The zero-order valence-electron chi connectivity index (χ0n) is 22.6. The third-order valence-electron chi connectivity index (χ3n) is 7.64. The number of carbonyl (C=O) groups is 2. The number of allylic oxidation sites excluding steroid dienone is 1. The Morgan fingerprint density at radius 1 is 0.457 bits per heavy atom. The average Bonchev–Trinajstić information content (AvgIpc) is 2.84. The molecule has 4 nitrogen and oxygen atoms in total. The lowest BCUT2D eigenvalue weighted by Gasteiger charge is -2.27. The fourth-order valence-electron chi connectivity index (χ4n) is 5.38. The molecule has 0 aromatic carbocycles. The SMILES string of the molecule is O=C1CCCCCCCCCC/C=C/CC(C2CCCCCCCCCCCCCCC(=O)O2)O1. The Bertz CT molecular complexity index is 570. The smallest absolute Gasteiger partial charge is 0.306 e. The van der Waals surface area contributed by atoms with Crippen molar-refractivity contribution in [3.8, 4) is 0 Å². The van der Waals surface area contributed by atoms with E-state index in [1.54, 1.807) is 0 Å². The summed E-state index contributed by atoms with van der Waals surface area (Å²) in [7, 11) is 0. The number of cyclic esters (lactones) is 2. The maximum Gasteiger partial charge on any atom is 0.306 e. The molecule has 0 aliphatic carbocycles. The number of hydrogen-bond donors (Lipinski definition) is 0. The van der Waals surface area contributed by atoms with Gasteiger partial charge in [0.1, 0.15) is 12.2 Å². The Morgan fingerprint density at radius 3 is 1.37 bits per heavy atom. The van der Waals surface area contributed by atoms with Gasteiger partial charge in [-0.25, -0.2) is 0 Å². The van der Waals surface area contributed by atoms with Crippen LogP contribution < -0.4 is 0 Å². The normalized spacial score (nSPS) is 28.2. The summed E-state index contributed by atoms with van der Waals surface area (Å²) in [6.45, 7) is 0. The quantitative estimate of drug-likeness (QED) is 0.271. The van der Waals surface area contributed by atoms with Gasteiger partial charge >= 0.3 is 11.9 Å². The second kappa shape index (κ2) is 20.8. The average molecular weight is 491 g/mol. The summed E-state index contributed by atoms with van der Waals surface area (Å²) in [6.07, 6.45) is 31.3. The van der Waals surface area contributed by atoms with Crippen molar-refractivity contribution in [1.29, 1.82) is 0 Å². The van der Waals surface area contributed by atoms with Crippen LogP contribution in [0.5, 0.6) is 0 Å². The van der Waals surface area contributed by atoms with E-state index in [2.05, 4.69) is 12.2 Å². The van der Waals surface area contributed by atoms with E-state index in [9.17, 15) is 9.59 Å². The van der Waals surface area contributed by atoms with E-state index >= 15 is 0 Å². The summed E-state index contributed by atoms with van der Waals surface area (Å²) in [5.74, 6) is -0.249. The molecule has 0 N–H and O–H groups in total. The lowest BCUT2D eigenvalue weighted by atomic mass is 10.0. The molecule has 2 unspecified atom stereocenters. The van der Waals surface area contributed by atoms with Crippen molar-refractivity contribution < 1.29 is 19.1 Å². The molecule has 2 aliphatic heterocycles. The number of ether oxygens (including phenoxy) is 2. The molecular weight excluding hydrogens is 436 g/mol. The van der Waals surface area contributed by atoms with Gasteiger partial charge in [0.2, 0.25) is 0 Å². The fraction of sp³-hybridized carbons (Fsp3) is 0.871. The number of hydrogen-bond acceptors (Lipinski definition) is 4. The maximum absolute atomic E-state index is 12.7. The van der Waals surface area contributed by atoms with E-state index in [4.69, 9.17) is 9.47 Å². The van der Waals surface area contributed by atoms with Crippen LogP contribution in [0.2, 0.25) is 0 Å². The molecule has 2 aliphatic rings. The molecular formula is C31H54O4. The first-order valence-corrected chi connectivity index (χ1v) is 15.3. The third kappa shape index (κ3) is 16.1. The van der Waals surface area contributed by atoms with Crippen LogP contribution in [0.25, 0.3) is 0 Å². The zero-order valence-corrected chi connectivity index (χ0v) is 22.6. The van der Waals surface area contributed by atoms with Crippen LogP contribution in [0, 0.1) is 0 Å². The highest BCUT2D eigenvalue weighted by molar-refractivity contribution is 5.70. The maximum atomic E-state index is 12.7. The lowest BCUT2D eigenvalue weighted by molar-refractivity contribution is -0.168. The fourth-order valence-corrected chi connectivity index (χ4v) is 5.38. The molecule has 2 rings (SSSR count). The van der Waals surface area contributed by atoms with Crippen molar-refractivity contribution in [3.63, 3.8) is 0 Å². The first kappa shape index (κ1) is 29.9. The van der Waals surface area contributed by atoms with Gasteiger partial charge in [-0.1, -0.05) is 115 Å². The monoisotopic (exact) mass is 490 g/mol. The summed E-state index contributed by atoms with van der Waals surface area (Å²) >= 11 is 0. The van der Waals surface area contributed by atoms with Gasteiger partial charge in [-0.2, -0.15) is 0 Å². The first-order chi connectivity index (χ1) is 17.3. The Morgan fingerprint density at radius 2 is 0.857 bits per heavy atom. The molecule has 0 amide bonds. The predicted molar refractivity (Wildman–Crippen MR) is 144 cm³/mol. The molecule has 35 heavy (non-hydrogen) atoms. The summed E-state index contributed by atoms with van der Waals surface area (Å²) in [5.41, 5.74) is 0. The van der Waals surface area contributed by atoms with Gasteiger partial charge in [0, 0.05) is 19.3 Å². The van der Waals surface area contributed by atoms with Crippen molar-refractivity contribution in [2.24, 2.45) is 0 Å². The highest BCUT2D eigenvalue weighted by Crippen LogP contribution is 2.22. The first-order valence-electron chi connectivity index (χ1n) is 15.3. The van der Waals surface area contributed by atoms with Crippen LogP contribution in [0.1, 0.15) is 161 Å². The van der Waals surface area contributed by atoms with Crippen LogP contribution in [0.3, 0.4) is 0 Å². The zero-order chi connectivity index (χ0) is 24.8. The van der Waals surface area contributed by atoms with Crippen LogP contribution >= 0.6 is 0 Å². The molecule has 202 valence electrons. The topological polar surface area (TPSA) is 52.6 Å². The largest absolute Gasteiger partial charge is 0.458 e. The molecule has 2 atom stereocenters.